The van der Waals surface area contributed by atoms with E-state index >= 15 is 0 Å². The molecular formula is C21H23F2N5O2. The van der Waals surface area contributed by atoms with Crippen LogP contribution in [0.1, 0.15) is 35.7 Å². The number of carbonyl (C=O) groups is 1. The van der Waals surface area contributed by atoms with E-state index in [-0.39, 0.29) is 18.5 Å². The average molecular weight is 415 g/mol. The lowest BCUT2D eigenvalue weighted by Crippen LogP contribution is -2.30. The zero-order valence-corrected chi connectivity index (χ0v) is 16.6. The summed E-state index contributed by atoms with van der Waals surface area (Å²) >= 11 is 0. The molecule has 7 nitrogen and oxygen atoms in total. The number of fused-ring (bicyclic) bond motifs is 1. The molecule has 0 aliphatic carbocycles. The molecule has 4 rings (SSSR count). The number of amides is 1. The van der Waals surface area contributed by atoms with Gasteiger partial charge in [0.2, 0.25) is 0 Å². The number of pyridine rings is 1. The fraction of sp³-hybridized carbons (Fsp3) is 0.381. The predicted molar refractivity (Wildman–Crippen MR) is 108 cm³/mol. The summed E-state index contributed by atoms with van der Waals surface area (Å²) in [6.07, 6.45) is 4.90. The number of carbonyl (C=O) groups excluding carboxylic acids is 1. The highest BCUT2D eigenvalue weighted by Crippen LogP contribution is 2.28. The molecule has 30 heavy (non-hydrogen) atoms. The van der Waals surface area contributed by atoms with Gasteiger partial charge in [0, 0.05) is 38.5 Å². The number of ether oxygens (including phenoxy) is 1. The van der Waals surface area contributed by atoms with Gasteiger partial charge in [0.25, 0.3) is 5.91 Å². The lowest BCUT2D eigenvalue weighted by atomic mass is 10.1. The topological polar surface area (TPSA) is 81.1 Å². The van der Waals surface area contributed by atoms with Gasteiger partial charge in [0.05, 0.1) is 22.8 Å². The number of halogens is 2. The second-order valence-electron chi connectivity index (χ2n) is 7.21. The summed E-state index contributed by atoms with van der Waals surface area (Å²) in [5.41, 5.74) is 2.22. The van der Waals surface area contributed by atoms with Gasteiger partial charge in [-0.1, -0.05) is 6.07 Å². The summed E-state index contributed by atoms with van der Waals surface area (Å²) < 4.78 is 33.8. The van der Waals surface area contributed by atoms with Crippen LogP contribution in [0.5, 0.6) is 0 Å². The van der Waals surface area contributed by atoms with Crippen molar-refractivity contribution in [2.24, 2.45) is 0 Å². The van der Waals surface area contributed by atoms with Crippen LogP contribution in [0.3, 0.4) is 0 Å². The Hall–Kier alpha value is -3.07. The lowest BCUT2D eigenvalue weighted by molar-refractivity contribution is 0.0904. The third kappa shape index (κ3) is 4.11. The van der Waals surface area contributed by atoms with Gasteiger partial charge in [-0.05, 0) is 37.5 Å². The third-order valence-electron chi connectivity index (χ3n) is 5.22. The summed E-state index contributed by atoms with van der Waals surface area (Å²) in [6.45, 7) is 4.03. The first-order valence-electron chi connectivity index (χ1n) is 9.97. The van der Waals surface area contributed by atoms with Crippen LogP contribution in [0.2, 0.25) is 0 Å². The Morgan fingerprint density at radius 1 is 1.23 bits per heavy atom. The van der Waals surface area contributed by atoms with Gasteiger partial charge in [-0.2, -0.15) is 5.10 Å². The maximum atomic E-state index is 13.4. The van der Waals surface area contributed by atoms with Crippen LogP contribution in [0.25, 0.3) is 11.0 Å². The lowest BCUT2D eigenvalue weighted by Gasteiger charge is -2.25. The number of anilines is 1. The van der Waals surface area contributed by atoms with Crippen molar-refractivity contribution in [1.82, 2.24) is 20.1 Å². The molecule has 2 N–H and O–H groups in total. The molecule has 0 bridgehead atoms. The van der Waals surface area contributed by atoms with Crippen LogP contribution in [-0.4, -0.2) is 39.9 Å². The Kier molecular flexibility index (Phi) is 5.89. The number of hydrogen-bond donors (Lipinski definition) is 2. The Labute approximate surface area is 172 Å². The smallest absolute Gasteiger partial charge is 0.255 e. The largest absolute Gasteiger partial charge is 0.381 e. The van der Waals surface area contributed by atoms with Crippen molar-refractivity contribution in [3.63, 3.8) is 0 Å². The zero-order valence-electron chi connectivity index (χ0n) is 16.6. The zero-order chi connectivity index (χ0) is 21.1. The van der Waals surface area contributed by atoms with E-state index in [4.69, 9.17) is 4.74 Å². The molecule has 0 unspecified atom stereocenters. The number of aryl methyl sites for hydroxylation is 1. The number of nitrogens with zero attached hydrogens (tertiary/aromatic N) is 3. The standard InChI is InChI=1S/C21H23F2N5O2/c1-2-28-20-15(12-26-28)19(27-14-5-7-30-8-6-14)16(11-24-20)21(29)25-10-13-3-4-17(22)18(23)9-13/h3-4,9,11-12,14H,2,5-8,10H2,1H3,(H,24,27)(H,25,29). The van der Waals surface area contributed by atoms with Crippen LogP contribution in [-0.2, 0) is 17.8 Å². The van der Waals surface area contributed by atoms with Crippen LogP contribution < -0.4 is 10.6 Å². The molecule has 1 fully saturated rings. The van der Waals surface area contributed by atoms with Crippen molar-refractivity contribution < 1.29 is 18.3 Å². The van der Waals surface area contributed by atoms with Gasteiger partial charge in [-0.15, -0.1) is 0 Å². The van der Waals surface area contributed by atoms with E-state index in [0.717, 1.165) is 30.4 Å². The minimum Gasteiger partial charge on any atom is -0.381 e. The molecule has 3 heterocycles. The van der Waals surface area contributed by atoms with Gasteiger partial charge in [0.15, 0.2) is 17.3 Å². The van der Waals surface area contributed by atoms with E-state index in [0.29, 0.717) is 42.2 Å². The molecule has 3 aromatic rings. The Balaban J connectivity index is 1.61. The van der Waals surface area contributed by atoms with Gasteiger partial charge in [-0.25, -0.2) is 18.4 Å². The highest BCUT2D eigenvalue weighted by atomic mass is 19.2. The molecule has 9 heteroatoms. The van der Waals surface area contributed by atoms with Gasteiger partial charge < -0.3 is 15.4 Å². The minimum absolute atomic E-state index is 0.0685. The predicted octanol–water partition coefficient (Wildman–Crippen LogP) is 3.25. The number of hydrogen-bond acceptors (Lipinski definition) is 5. The molecule has 158 valence electrons. The van der Waals surface area contributed by atoms with Crippen LogP contribution in [0.15, 0.2) is 30.6 Å². The Morgan fingerprint density at radius 2 is 2.03 bits per heavy atom. The molecule has 0 saturated carbocycles. The molecule has 0 radical (unpaired) electrons. The normalized spacial score (nSPS) is 14.8. The molecule has 1 saturated heterocycles. The highest BCUT2D eigenvalue weighted by molar-refractivity contribution is 6.06. The molecule has 0 atom stereocenters. The highest BCUT2D eigenvalue weighted by Gasteiger charge is 2.22. The maximum absolute atomic E-state index is 13.4. The number of aromatic nitrogens is 3. The average Bonchev–Trinajstić information content (AvgIpc) is 3.19. The SMILES string of the molecule is CCn1ncc2c(NC3CCOCC3)c(C(=O)NCc3ccc(F)c(F)c3)cnc21. The molecule has 1 aromatic carbocycles. The van der Waals surface area contributed by atoms with Gasteiger partial charge in [-0.3, -0.25) is 4.79 Å². The van der Waals surface area contributed by atoms with Crippen LogP contribution >= 0.6 is 0 Å². The van der Waals surface area contributed by atoms with E-state index in [1.807, 2.05) is 6.92 Å². The van der Waals surface area contributed by atoms with Crippen molar-refractivity contribution >= 4 is 22.6 Å². The van der Waals surface area contributed by atoms with Crippen molar-refractivity contribution in [2.45, 2.75) is 38.9 Å². The number of rotatable bonds is 6. The van der Waals surface area contributed by atoms with E-state index in [1.54, 1.807) is 10.9 Å². The Bertz CT molecular complexity index is 1060. The summed E-state index contributed by atoms with van der Waals surface area (Å²) in [5, 5.41) is 11.4. The fourth-order valence-corrected chi connectivity index (χ4v) is 3.56. The monoisotopic (exact) mass is 415 g/mol. The maximum Gasteiger partial charge on any atom is 0.255 e. The van der Waals surface area contributed by atoms with E-state index in [2.05, 4.69) is 20.7 Å². The van der Waals surface area contributed by atoms with Crippen LogP contribution in [0.4, 0.5) is 14.5 Å². The second kappa shape index (κ2) is 8.74. The van der Waals surface area contributed by atoms with Crippen molar-refractivity contribution in [1.29, 1.82) is 0 Å². The molecule has 1 aliphatic heterocycles. The minimum atomic E-state index is -0.946. The van der Waals surface area contributed by atoms with Crippen molar-refractivity contribution in [3.8, 4) is 0 Å². The van der Waals surface area contributed by atoms with Gasteiger partial charge >= 0.3 is 0 Å². The first-order valence-corrected chi connectivity index (χ1v) is 9.97. The summed E-state index contributed by atoms with van der Waals surface area (Å²) in [5.74, 6) is -2.22. The quantitative estimate of drug-likeness (QED) is 0.646. The number of benzene rings is 1. The second-order valence-corrected chi connectivity index (χ2v) is 7.21. The van der Waals surface area contributed by atoms with E-state index < -0.39 is 11.6 Å². The fourth-order valence-electron chi connectivity index (χ4n) is 3.56. The Morgan fingerprint density at radius 3 is 2.77 bits per heavy atom. The van der Waals surface area contributed by atoms with Crippen molar-refractivity contribution in [2.75, 3.05) is 18.5 Å². The van der Waals surface area contributed by atoms with E-state index in [9.17, 15) is 13.6 Å². The molecule has 0 spiro atoms. The molecule has 1 aliphatic rings. The summed E-state index contributed by atoms with van der Waals surface area (Å²) in [7, 11) is 0. The first-order chi connectivity index (χ1) is 14.6. The third-order valence-corrected chi connectivity index (χ3v) is 5.22. The van der Waals surface area contributed by atoms with Gasteiger partial charge in [0.1, 0.15) is 0 Å². The summed E-state index contributed by atoms with van der Waals surface area (Å²) in [6, 6.07) is 3.73. The van der Waals surface area contributed by atoms with E-state index in [1.165, 1.54) is 12.3 Å². The first kappa shape index (κ1) is 20.2. The number of nitrogens with one attached hydrogen (secondary N) is 2. The van der Waals surface area contributed by atoms with Crippen LogP contribution in [0, 0.1) is 11.6 Å². The molecule has 1 amide bonds. The molecular weight excluding hydrogens is 392 g/mol. The summed E-state index contributed by atoms with van der Waals surface area (Å²) in [4.78, 5) is 17.4. The van der Waals surface area contributed by atoms with Crippen molar-refractivity contribution in [3.05, 3.63) is 53.4 Å². The molecule has 2 aromatic heterocycles.